The lowest BCUT2D eigenvalue weighted by Crippen LogP contribution is -2.35. The van der Waals surface area contributed by atoms with Crippen molar-refractivity contribution in [2.24, 2.45) is 4.99 Å². The van der Waals surface area contributed by atoms with Gasteiger partial charge in [-0.05, 0) is 68.9 Å². The van der Waals surface area contributed by atoms with E-state index < -0.39 is 0 Å². The molecule has 0 unspecified atom stereocenters. The van der Waals surface area contributed by atoms with Crippen LogP contribution in [0.15, 0.2) is 51.2 Å². The number of piperidine rings is 2. The molecule has 0 aliphatic carbocycles. The van der Waals surface area contributed by atoms with Crippen molar-refractivity contribution >= 4 is 35.3 Å². The lowest BCUT2D eigenvalue weighted by molar-refractivity contribution is 0.0724. The molecule has 2 aromatic carbocycles. The fraction of sp³-hybridized carbons (Fsp3) is 0.417. The van der Waals surface area contributed by atoms with Crippen LogP contribution in [-0.2, 0) is 0 Å². The molecule has 2 fully saturated rings. The molecular formula is C24H27N3OS. The van der Waals surface area contributed by atoms with E-state index in [2.05, 4.69) is 29.2 Å². The number of fused-ring (bicyclic) bond motifs is 2. The van der Waals surface area contributed by atoms with Crippen LogP contribution in [0.25, 0.3) is 0 Å². The Kier molecular flexibility index (Phi) is 5.32. The van der Waals surface area contributed by atoms with Crippen LogP contribution in [0.3, 0.4) is 0 Å². The van der Waals surface area contributed by atoms with Crippen LogP contribution in [-0.4, -0.2) is 43.2 Å². The second kappa shape index (κ2) is 8.23. The predicted molar refractivity (Wildman–Crippen MR) is 120 cm³/mol. The van der Waals surface area contributed by atoms with Crippen molar-refractivity contribution in [3.63, 3.8) is 0 Å². The van der Waals surface area contributed by atoms with Crippen LogP contribution in [0.4, 0.5) is 11.4 Å². The zero-order valence-corrected chi connectivity index (χ0v) is 17.6. The maximum absolute atomic E-state index is 12.9. The van der Waals surface area contributed by atoms with Gasteiger partial charge < -0.3 is 9.80 Å². The Bertz CT molecular complexity index is 943. The van der Waals surface area contributed by atoms with E-state index in [1.165, 1.54) is 41.8 Å². The lowest BCUT2D eigenvalue weighted by atomic mass is 10.1. The van der Waals surface area contributed by atoms with Gasteiger partial charge in [0.25, 0.3) is 5.91 Å². The number of carbonyl (C=O) groups is 1. The Balaban J connectivity index is 1.45. The third-order valence-corrected chi connectivity index (χ3v) is 7.28. The first-order chi connectivity index (χ1) is 14.3. The highest BCUT2D eigenvalue weighted by atomic mass is 32.2. The van der Waals surface area contributed by atoms with E-state index in [-0.39, 0.29) is 5.91 Å². The van der Waals surface area contributed by atoms with Gasteiger partial charge >= 0.3 is 0 Å². The highest BCUT2D eigenvalue weighted by Crippen LogP contribution is 2.42. The van der Waals surface area contributed by atoms with Crippen LogP contribution in [0.5, 0.6) is 0 Å². The lowest BCUT2D eigenvalue weighted by Gasteiger charge is -2.30. The third kappa shape index (κ3) is 3.80. The number of hydrogen-bond donors (Lipinski definition) is 0. The Morgan fingerprint density at radius 1 is 0.862 bits per heavy atom. The Morgan fingerprint density at radius 3 is 2.41 bits per heavy atom. The molecule has 0 radical (unpaired) electrons. The molecule has 4 nitrogen and oxygen atoms in total. The summed E-state index contributed by atoms with van der Waals surface area (Å²) in [4.78, 5) is 24.6. The summed E-state index contributed by atoms with van der Waals surface area (Å²) in [6.07, 6.45) is 9.30. The minimum atomic E-state index is 0.142. The predicted octanol–water partition coefficient (Wildman–Crippen LogP) is 5.52. The molecule has 2 aromatic rings. The summed E-state index contributed by atoms with van der Waals surface area (Å²) in [7, 11) is 0. The second-order valence-corrected chi connectivity index (χ2v) is 9.22. The maximum atomic E-state index is 12.9. The van der Waals surface area contributed by atoms with Crippen molar-refractivity contribution in [1.29, 1.82) is 0 Å². The monoisotopic (exact) mass is 405 g/mol. The average Bonchev–Trinajstić information content (AvgIpc) is 2.98. The normalized spacial score (nSPS) is 18.8. The highest BCUT2D eigenvalue weighted by Gasteiger charge is 2.22. The standard InChI is InChI=1S/C24H27N3OS/c28-24(27-14-5-2-6-15-27)18-10-11-23-20(16-18)25-17-19-21(8-7-9-22(19)29-23)26-12-3-1-4-13-26/h7-11,16-17H,1-6,12-15H2. The molecule has 0 N–H and O–H groups in total. The van der Waals surface area contributed by atoms with Crippen LogP contribution in [0, 0.1) is 0 Å². The summed E-state index contributed by atoms with van der Waals surface area (Å²) >= 11 is 1.76. The molecule has 0 saturated carbocycles. The number of amides is 1. The topological polar surface area (TPSA) is 35.9 Å². The highest BCUT2D eigenvalue weighted by molar-refractivity contribution is 7.99. The maximum Gasteiger partial charge on any atom is 0.253 e. The Labute approximate surface area is 177 Å². The molecule has 29 heavy (non-hydrogen) atoms. The van der Waals surface area contributed by atoms with Crippen LogP contribution in [0.2, 0.25) is 0 Å². The van der Waals surface area contributed by atoms with Crippen molar-refractivity contribution in [2.75, 3.05) is 31.1 Å². The summed E-state index contributed by atoms with van der Waals surface area (Å²) in [6, 6.07) is 12.6. The molecule has 1 amide bonds. The first-order valence-electron chi connectivity index (χ1n) is 10.8. The molecule has 0 bridgehead atoms. The number of carbonyl (C=O) groups excluding carboxylic acids is 1. The second-order valence-electron chi connectivity index (χ2n) is 8.13. The smallest absolute Gasteiger partial charge is 0.253 e. The summed E-state index contributed by atoms with van der Waals surface area (Å²) in [5.74, 6) is 0.142. The van der Waals surface area contributed by atoms with Crippen molar-refractivity contribution < 1.29 is 4.79 Å². The number of benzene rings is 2. The molecule has 150 valence electrons. The van der Waals surface area contributed by atoms with Gasteiger partial charge in [-0.25, -0.2) is 0 Å². The van der Waals surface area contributed by atoms with Crippen molar-refractivity contribution in [3.05, 3.63) is 47.5 Å². The Hall–Kier alpha value is -2.27. The van der Waals surface area contributed by atoms with Gasteiger partial charge in [-0.3, -0.25) is 9.79 Å². The van der Waals surface area contributed by atoms with Crippen molar-refractivity contribution in [2.45, 2.75) is 48.3 Å². The van der Waals surface area contributed by atoms with Gasteiger partial charge in [0.2, 0.25) is 0 Å². The molecule has 3 heterocycles. The van der Waals surface area contributed by atoms with Gasteiger partial charge in [-0.1, -0.05) is 17.8 Å². The summed E-state index contributed by atoms with van der Waals surface area (Å²) in [5, 5.41) is 0. The van der Waals surface area contributed by atoms with E-state index in [0.717, 1.165) is 55.2 Å². The zero-order chi connectivity index (χ0) is 19.6. The zero-order valence-electron chi connectivity index (χ0n) is 16.8. The van der Waals surface area contributed by atoms with E-state index in [0.29, 0.717) is 0 Å². The Morgan fingerprint density at radius 2 is 1.62 bits per heavy atom. The minimum Gasteiger partial charge on any atom is -0.371 e. The number of rotatable bonds is 2. The fourth-order valence-corrected chi connectivity index (χ4v) is 5.53. The molecule has 3 aliphatic rings. The number of likely N-dealkylation sites (tertiary alicyclic amines) is 1. The van der Waals surface area contributed by atoms with Crippen molar-refractivity contribution in [3.8, 4) is 0 Å². The van der Waals surface area contributed by atoms with Gasteiger partial charge in [0, 0.05) is 59.0 Å². The first kappa shape index (κ1) is 18.7. The fourth-order valence-electron chi connectivity index (χ4n) is 4.53. The molecule has 0 aromatic heterocycles. The molecule has 3 aliphatic heterocycles. The van der Waals surface area contributed by atoms with E-state index in [9.17, 15) is 4.79 Å². The summed E-state index contributed by atoms with van der Waals surface area (Å²) in [5.41, 5.74) is 4.15. The summed E-state index contributed by atoms with van der Waals surface area (Å²) in [6.45, 7) is 3.99. The van der Waals surface area contributed by atoms with E-state index >= 15 is 0 Å². The van der Waals surface area contributed by atoms with Gasteiger partial charge in [-0.15, -0.1) is 0 Å². The van der Waals surface area contributed by atoms with Crippen LogP contribution < -0.4 is 4.90 Å². The number of nitrogens with zero attached hydrogens (tertiary/aromatic N) is 3. The number of hydrogen-bond acceptors (Lipinski definition) is 4. The van der Waals surface area contributed by atoms with E-state index in [1.54, 1.807) is 11.8 Å². The summed E-state index contributed by atoms with van der Waals surface area (Å²) < 4.78 is 0. The van der Waals surface area contributed by atoms with E-state index in [4.69, 9.17) is 4.99 Å². The van der Waals surface area contributed by atoms with Gasteiger partial charge in [0.15, 0.2) is 0 Å². The quantitative estimate of drug-likeness (QED) is 0.563. The number of aliphatic imine (C=N–C) groups is 1. The molecule has 0 atom stereocenters. The molecule has 0 spiro atoms. The average molecular weight is 406 g/mol. The number of anilines is 1. The van der Waals surface area contributed by atoms with Gasteiger partial charge in [0.05, 0.1) is 5.69 Å². The van der Waals surface area contributed by atoms with Gasteiger partial charge in [-0.2, -0.15) is 0 Å². The van der Waals surface area contributed by atoms with Crippen LogP contribution in [0.1, 0.15) is 54.4 Å². The van der Waals surface area contributed by atoms with E-state index in [1.807, 2.05) is 23.2 Å². The van der Waals surface area contributed by atoms with Gasteiger partial charge in [0.1, 0.15) is 0 Å². The van der Waals surface area contributed by atoms with Crippen LogP contribution >= 0.6 is 11.8 Å². The van der Waals surface area contributed by atoms with Crippen molar-refractivity contribution in [1.82, 2.24) is 4.90 Å². The molecule has 2 saturated heterocycles. The third-order valence-electron chi connectivity index (χ3n) is 6.14. The minimum absolute atomic E-state index is 0.142. The molecular weight excluding hydrogens is 378 g/mol. The first-order valence-corrected chi connectivity index (χ1v) is 11.6. The molecule has 5 rings (SSSR count). The largest absolute Gasteiger partial charge is 0.371 e. The SMILES string of the molecule is O=C(c1ccc2c(c1)N=Cc1c(cccc1N1CCCCC1)S2)N1CCCCC1. The molecule has 5 heteroatoms.